The number of nitrogens with zero attached hydrogens (tertiary/aromatic N) is 2. The molecule has 0 saturated carbocycles. The van der Waals surface area contributed by atoms with E-state index in [1.165, 1.54) is 11.8 Å². The largest absolute Gasteiger partial charge is 0.346 e. The molecule has 0 aliphatic carbocycles. The highest BCUT2D eigenvalue weighted by molar-refractivity contribution is 8.01. The maximum absolute atomic E-state index is 12.2. The average molecular weight is 452 g/mol. The lowest BCUT2D eigenvalue weighted by Crippen LogP contribution is -2.37. The van der Waals surface area contributed by atoms with Gasteiger partial charge >= 0.3 is 0 Å². The van der Waals surface area contributed by atoms with Gasteiger partial charge in [0.1, 0.15) is 0 Å². The molecule has 3 N–H and O–H groups in total. The fourth-order valence-electron chi connectivity index (χ4n) is 2.75. The lowest BCUT2D eigenvalue weighted by molar-refractivity contribution is -0.123. The van der Waals surface area contributed by atoms with Gasteiger partial charge in [0.15, 0.2) is 0 Å². The summed E-state index contributed by atoms with van der Waals surface area (Å²) < 4.78 is 1.71. The molecule has 3 amide bonds. The van der Waals surface area contributed by atoms with Crippen LogP contribution in [-0.4, -0.2) is 45.0 Å². The number of aromatic nitrogens is 2. The van der Waals surface area contributed by atoms with Crippen LogP contribution in [0.4, 0.5) is 11.4 Å². The van der Waals surface area contributed by atoms with Gasteiger partial charge < -0.3 is 16.0 Å². The quantitative estimate of drug-likeness (QED) is 0.464. The first kappa shape index (κ1) is 23.1. The zero-order valence-electron chi connectivity index (χ0n) is 17.9. The highest BCUT2D eigenvalue weighted by Gasteiger charge is 2.16. The van der Waals surface area contributed by atoms with Crippen LogP contribution in [-0.2, 0) is 14.4 Å². The first-order valence-electron chi connectivity index (χ1n) is 10.1. The maximum Gasteiger partial charge on any atom is 0.243 e. The molecule has 8 nitrogen and oxygen atoms in total. The van der Waals surface area contributed by atoms with Gasteiger partial charge in [0.25, 0.3) is 0 Å². The standard InChI is InChI=1S/C23H25N5O3S/c1-16-4-6-18(7-5-16)27-22(30)15-32-17(2)23(31)24-14-21(29)26-19-8-10-20(11-9-19)28-13-3-12-25-28/h3-13,17H,14-15H2,1-2H3,(H,24,31)(H,26,29)(H,27,30). The Balaban J connectivity index is 1.37. The van der Waals surface area contributed by atoms with E-state index in [4.69, 9.17) is 0 Å². The molecule has 1 unspecified atom stereocenters. The Hall–Kier alpha value is -3.59. The molecule has 1 aromatic heterocycles. The molecule has 166 valence electrons. The van der Waals surface area contributed by atoms with Crippen LogP contribution < -0.4 is 16.0 Å². The number of carbonyl (C=O) groups excluding carboxylic acids is 3. The molecule has 0 aliphatic rings. The second-order valence-electron chi connectivity index (χ2n) is 7.13. The Morgan fingerprint density at radius 2 is 1.59 bits per heavy atom. The van der Waals surface area contributed by atoms with Gasteiger partial charge in [0.05, 0.1) is 23.2 Å². The molecule has 0 aliphatic heterocycles. The number of thioether (sulfide) groups is 1. The summed E-state index contributed by atoms with van der Waals surface area (Å²) in [5.41, 5.74) is 3.32. The molecule has 0 bridgehead atoms. The number of benzene rings is 2. The van der Waals surface area contributed by atoms with Crippen LogP contribution in [0.1, 0.15) is 12.5 Å². The minimum Gasteiger partial charge on any atom is -0.346 e. The zero-order valence-corrected chi connectivity index (χ0v) is 18.7. The van der Waals surface area contributed by atoms with E-state index in [1.54, 1.807) is 29.9 Å². The predicted octanol–water partition coefficient (Wildman–Crippen LogP) is 3.00. The van der Waals surface area contributed by atoms with Crippen LogP contribution in [0, 0.1) is 6.92 Å². The third-order valence-electron chi connectivity index (χ3n) is 4.51. The van der Waals surface area contributed by atoms with E-state index < -0.39 is 5.25 Å². The van der Waals surface area contributed by atoms with Gasteiger partial charge in [-0.05, 0) is 56.3 Å². The lowest BCUT2D eigenvalue weighted by atomic mass is 10.2. The molecule has 1 atom stereocenters. The third-order valence-corrected chi connectivity index (χ3v) is 5.66. The van der Waals surface area contributed by atoms with Crippen molar-refractivity contribution < 1.29 is 14.4 Å². The van der Waals surface area contributed by atoms with Crippen LogP contribution in [0.2, 0.25) is 0 Å². The van der Waals surface area contributed by atoms with Crippen molar-refractivity contribution >= 4 is 40.9 Å². The van der Waals surface area contributed by atoms with Crippen LogP contribution in [0.5, 0.6) is 0 Å². The summed E-state index contributed by atoms with van der Waals surface area (Å²) in [4.78, 5) is 36.4. The van der Waals surface area contributed by atoms with Crippen molar-refractivity contribution in [3.05, 3.63) is 72.6 Å². The van der Waals surface area contributed by atoms with Crippen LogP contribution in [0.25, 0.3) is 5.69 Å². The number of anilines is 2. The van der Waals surface area contributed by atoms with E-state index in [1.807, 2.05) is 55.6 Å². The van der Waals surface area contributed by atoms with Crippen molar-refractivity contribution in [3.63, 3.8) is 0 Å². The number of hydrogen-bond donors (Lipinski definition) is 3. The molecule has 1 heterocycles. The molecule has 3 aromatic rings. The summed E-state index contributed by atoms with van der Waals surface area (Å²) in [6.07, 6.45) is 3.52. The number of hydrogen-bond acceptors (Lipinski definition) is 5. The summed E-state index contributed by atoms with van der Waals surface area (Å²) in [5, 5.41) is 11.8. The fourth-order valence-corrected chi connectivity index (χ4v) is 3.45. The molecular formula is C23H25N5O3S. The first-order valence-corrected chi connectivity index (χ1v) is 11.1. The van der Waals surface area contributed by atoms with E-state index >= 15 is 0 Å². The molecule has 32 heavy (non-hydrogen) atoms. The van der Waals surface area contributed by atoms with E-state index in [9.17, 15) is 14.4 Å². The normalized spacial score (nSPS) is 11.4. The number of nitrogens with one attached hydrogen (secondary N) is 3. The molecule has 3 rings (SSSR count). The van der Waals surface area contributed by atoms with Gasteiger partial charge in [0.2, 0.25) is 17.7 Å². The van der Waals surface area contributed by atoms with E-state index in [0.29, 0.717) is 11.4 Å². The molecule has 0 saturated heterocycles. The van der Waals surface area contributed by atoms with Gasteiger partial charge in [0, 0.05) is 23.8 Å². The first-order chi connectivity index (χ1) is 15.4. The summed E-state index contributed by atoms with van der Waals surface area (Å²) in [5.74, 6) is -0.686. The Kier molecular flexibility index (Phi) is 8.04. The van der Waals surface area contributed by atoms with Crippen molar-refractivity contribution in [2.45, 2.75) is 19.1 Å². The average Bonchev–Trinajstić information content (AvgIpc) is 3.33. The minimum absolute atomic E-state index is 0.136. The van der Waals surface area contributed by atoms with Crippen LogP contribution in [0.3, 0.4) is 0 Å². The lowest BCUT2D eigenvalue weighted by Gasteiger charge is -2.12. The highest BCUT2D eigenvalue weighted by atomic mass is 32.2. The summed E-state index contributed by atoms with van der Waals surface area (Å²) in [6, 6.07) is 16.5. The van der Waals surface area contributed by atoms with Crippen LogP contribution in [0.15, 0.2) is 67.0 Å². The predicted molar refractivity (Wildman–Crippen MR) is 127 cm³/mol. The van der Waals surface area contributed by atoms with E-state index in [0.717, 1.165) is 11.3 Å². The number of rotatable bonds is 9. The van der Waals surface area contributed by atoms with Crippen molar-refractivity contribution in [2.24, 2.45) is 0 Å². The minimum atomic E-state index is -0.472. The summed E-state index contributed by atoms with van der Waals surface area (Å²) in [7, 11) is 0. The fraction of sp³-hybridized carbons (Fsp3) is 0.217. The van der Waals surface area contributed by atoms with Gasteiger partial charge in [-0.25, -0.2) is 4.68 Å². The highest BCUT2D eigenvalue weighted by Crippen LogP contribution is 2.14. The third kappa shape index (κ3) is 6.98. The van der Waals surface area contributed by atoms with Crippen LogP contribution >= 0.6 is 11.8 Å². The van der Waals surface area contributed by atoms with E-state index in [-0.39, 0.29) is 30.0 Å². The number of aryl methyl sites for hydroxylation is 1. The molecule has 0 fully saturated rings. The monoisotopic (exact) mass is 451 g/mol. The Labute approximate surface area is 190 Å². The van der Waals surface area contributed by atoms with Crippen molar-refractivity contribution in [1.82, 2.24) is 15.1 Å². The summed E-state index contributed by atoms with van der Waals surface area (Å²) in [6.45, 7) is 3.52. The maximum atomic E-state index is 12.2. The van der Waals surface area contributed by atoms with Gasteiger partial charge in [-0.2, -0.15) is 5.10 Å². The molecule has 9 heteroatoms. The molecule has 2 aromatic carbocycles. The van der Waals surface area contributed by atoms with Gasteiger partial charge in [-0.1, -0.05) is 17.7 Å². The Bertz CT molecular complexity index is 1050. The molecule has 0 spiro atoms. The molecular weight excluding hydrogens is 426 g/mol. The van der Waals surface area contributed by atoms with Crippen molar-refractivity contribution in [3.8, 4) is 5.69 Å². The van der Waals surface area contributed by atoms with Crippen molar-refractivity contribution in [1.29, 1.82) is 0 Å². The van der Waals surface area contributed by atoms with Gasteiger partial charge in [-0.15, -0.1) is 11.8 Å². The second-order valence-corrected chi connectivity index (χ2v) is 8.46. The Morgan fingerprint density at radius 3 is 2.22 bits per heavy atom. The van der Waals surface area contributed by atoms with E-state index in [2.05, 4.69) is 21.0 Å². The second kappa shape index (κ2) is 11.1. The van der Waals surface area contributed by atoms with Crippen molar-refractivity contribution in [2.75, 3.05) is 22.9 Å². The number of amides is 3. The number of carbonyl (C=O) groups is 3. The van der Waals surface area contributed by atoms with Gasteiger partial charge in [-0.3, -0.25) is 14.4 Å². The Morgan fingerprint density at radius 1 is 0.969 bits per heavy atom. The SMILES string of the molecule is Cc1ccc(NC(=O)CSC(C)C(=O)NCC(=O)Nc2ccc(-n3cccn3)cc2)cc1. The zero-order chi connectivity index (χ0) is 22.9. The topological polar surface area (TPSA) is 105 Å². The smallest absolute Gasteiger partial charge is 0.243 e. The summed E-state index contributed by atoms with van der Waals surface area (Å²) >= 11 is 1.21. The molecule has 0 radical (unpaired) electrons.